The maximum absolute atomic E-state index is 12.6. The number of amides is 1. The molecule has 0 unspecified atom stereocenters. The number of nitrogens with one attached hydrogen (secondary N) is 1. The average Bonchev–Trinajstić information content (AvgIpc) is 3.51. The molecule has 152 valence electrons. The number of aromatic nitrogens is 1. The lowest BCUT2D eigenvalue weighted by Gasteiger charge is -2.21. The molecule has 1 aliphatic carbocycles. The van der Waals surface area contributed by atoms with Crippen molar-refractivity contribution in [3.05, 3.63) is 58.7 Å². The largest absolute Gasteiger partial charge is 0.370 e. The van der Waals surface area contributed by atoms with Crippen LogP contribution in [0.5, 0.6) is 0 Å². The minimum atomic E-state index is -0.118. The number of hydrogen-bond acceptors (Lipinski definition) is 5. The van der Waals surface area contributed by atoms with Crippen LogP contribution < -0.4 is 10.2 Å². The predicted octanol–water partition coefficient (Wildman–Crippen LogP) is 5.37. The number of aliphatic imine (C=N–C) groups is 1. The van der Waals surface area contributed by atoms with E-state index >= 15 is 0 Å². The number of anilines is 2. The van der Waals surface area contributed by atoms with Gasteiger partial charge in [0.25, 0.3) is 0 Å². The number of carbonyl (C=O) groups is 1. The number of halogens is 1. The van der Waals surface area contributed by atoms with E-state index in [4.69, 9.17) is 21.1 Å². The molecule has 7 heteroatoms. The standard InChI is InChI=1S/C23H21ClN4O2/c1-13-8-22(30-27-13)15-5-3-4-14(9-15)18-12-23(29)26-19-10-17(24)21(11-20(19)25-18)28(2)16-6-7-16/h3-5,8-11,16H,6-7,12H2,1-2H3,(H,26,29). The second kappa shape index (κ2) is 7.29. The lowest BCUT2D eigenvalue weighted by molar-refractivity contribution is -0.115. The van der Waals surface area contributed by atoms with Crippen molar-refractivity contribution in [1.82, 2.24) is 5.16 Å². The normalized spacial score (nSPS) is 15.8. The molecular formula is C23H21ClN4O2. The summed E-state index contributed by atoms with van der Waals surface area (Å²) in [6.07, 6.45) is 2.52. The second-order valence-corrected chi connectivity index (χ2v) is 8.27. The molecule has 2 heterocycles. The number of nitrogens with zero attached hydrogens (tertiary/aromatic N) is 3. The van der Waals surface area contributed by atoms with Crippen LogP contribution >= 0.6 is 11.6 Å². The smallest absolute Gasteiger partial charge is 0.230 e. The van der Waals surface area contributed by atoms with E-state index in [1.807, 2.05) is 50.4 Å². The van der Waals surface area contributed by atoms with Gasteiger partial charge in [-0.1, -0.05) is 35.0 Å². The minimum Gasteiger partial charge on any atom is -0.370 e. The van der Waals surface area contributed by atoms with Crippen LogP contribution in [0.2, 0.25) is 5.02 Å². The highest BCUT2D eigenvalue weighted by molar-refractivity contribution is 6.34. The Bertz CT molecular complexity index is 1180. The van der Waals surface area contributed by atoms with Crippen molar-refractivity contribution in [2.75, 3.05) is 17.3 Å². The Labute approximate surface area is 179 Å². The summed E-state index contributed by atoms with van der Waals surface area (Å²) in [5.74, 6) is 0.571. The first-order valence-corrected chi connectivity index (χ1v) is 10.3. The van der Waals surface area contributed by atoms with E-state index in [9.17, 15) is 4.79 Å². The van der Waals surface area contributed by atoms with E-state index in [0.717, 1.165) is 22.5 Å². The topological polar surface area (TPSA) is 70.7 Å². The molecule has 0 bridgehead atoms. The molecule has 1 aromatic heterocycles. The molecule has 1 fully saturated rings. The Morgan fingerprint density at radius 2 is 1.97 bits per heavy atom. The third-order valence-corrected chi connectivity index (χ3v) is 5.81. The number of hydrogen-bond donors (Lipinski definition) is 1. The maximum atomic E-state index is 12.6. The summed E-state index contributed by atoms with van der Waals surface area (Å²) in [4.78, 5) is 19.6. The van der Waals surface area contributed by atoms with Crippen molar-refractivity contribution in [3.63, 3.8) is 0 Å². The molecule has 5 rings (SSSR count). The molecule has 3 aromatic rings. The van der Waals surface area contributed by atoms with E-state index < -0.39 is 0 Å². The van der Waals surface area contributed by atoms with Gasteiger partial charge in [0.2, 0.25) is 5.91 Å². The highest BCUT2D eigenvalue weighted by atomic mass is 35.5. The first-order chi connectivity index (χ1) is 14.5. The minimum absolute atomic E-state index is 0.118. The van der Waals surface area contributed by atoms with Crippen LogP contribution in [0.3, 0.4) is 0 Å². The Morgan fingerprint density at radius 1 is 1.17 bits per heavy atom. The molecule has 0 radical (unpaired) electrons. The lowest BCUT2D eigenvalue weighted by Crippen LogP contribution is -2.19. The van der Waals surface area contributed by atoms with E-state index in [1.165, 1.54) is 12.8 Å². The zero-order chi connectivity index (χ0) is 20.8. The molecule has 2 aromatic carbocycles. The first kappa shape index (κ1) is 18.9. The van der Waals surface area contributed by atoms with Gasteiger partial charge < -0.3 is 14.7 Å². The van der Waals surface area contributed by atoms with Gasteiger partial charge in [-0.25, -0.2) is 0 Å². The summed E-state index contributed by atoms with van der Waals surface area (Å²) in [7, 11) is 2.05. The number of benzene rings is 2. The predicted molar refractivity (Wildman–Crippen MR) is 119 cm³/mol. The molecule has 1 saturated carbocycles. The van der Waals surface area contributed by atoms with E-state index in [-0.39, 0.29) is 12.3 Å². The summed E-state index contributed by atoms with van der Waals surface area (Å²) < 4.78 is 5.39. The number of aryl methyl sites for hydroxylation is 1. The monoisotopic (exact) mass is 420 g/mol. The van der Waals surface area contributed by atoms with Crippen LogP contribution in [0.25, 0.3) is 11.3 Å². The molecule has 1 aliphatic heterocycles. The summed E-state index contributed by atoms with van der Waals surface area (Å²) in [5.41, 5.74) is 5.57. The van der Waals surface area contributed by atoms with E-state index in [1.54, 1.807) is 6.07 Å². The van der Waals surface area contributed by atoms with Gasteiger partial charge in [-0.15, -0.1) is 0 Å². The zero-order valence-electron chi connectivity index (χ0n) is 16.8. The fourth-order valence-corrected chi connectivity index (χ4v) is 4.02. The molecule has 0 saturated heterocycles. The van der Waals surface area contributed by atoms with E-state index in [2.05, 4.69) is 15.4 Å². The summed E-state index contributed by atoms with van der Waals surface area (Å²) in [6, 6.07) is 14.0. The van der Waals surface area contributed by atoms with Crippen molar-refractivity contribution >= 4 is 40.3 Å². The van der Waals surface area contributed by atoms with Crippen molar-refractivity contribution < 1.29 is 9.32 Å². The van der Waals surface area contributed by atoms with Crippen molar-refractivity contribution in [1.29, 1.82) is 0 Å². The zero-order valence-corrected chi connectivity index (χ0v) is 17.5. The number of fused-ring (bicyclic) bond motifs is 1. The van der Waals surface area contributed by atoms with Crippen LogP contribution in [0.4, 0.5) is 17.1 Å². The fourth-order valence-electron chi connectivity index (χ4n) is 3.72. The Balaban J connectivity index is 1.57. The highest BCUT2D eigenvalue weighted by Gasteiger charge is 2.29. The second-order valence-electron chi connectivity index (χ2n) is 7.86. The Hall–Kier alpha value is -3.12. The van der Waals surface area contributed by atoms with Gasteiger partial charge >= 0.3 is 0 Å². The Kier molecular flexibility index (Phi) is 4.59. The van der Waals surface area contributed by atoms with Gasteiger partial charge in [0.1, 0.15) is 0 Å². The van der Waals surface area contributed by atoms with Crippen LogP contribution in [0.1, 0.15) is 30.5 Å². The molecule has 0 spiro atoms. The number of carbonyl (C=O) groups excluding carboxylic acids is 1. The quantitative estimate of drug-likeness (QED) is 0.616. The fraction of sp³-hybridized carbons (Fsp3) is 0.261. The van der Waals surface area contributed by atoms with Crippen LogP contribution in [0, 0.1) is 6.92 Å². The van der Waals surface area contributed by atoms with Crippen LogP contribution in [-0.4, -0.2) is 29.9 Å². The maximum Gasteiger partial charge on any atom is 0.230 e. The molecule has 6 nitrogen and oxygen atoms in total. The molecule has 2 aliphatic rings. The van der Waals surface area contributed by atoms with Gasteiger partial charge in [-0.2, -0.15) is 0 Å². The lowest BCUT2D eigenvalue weighted by atomic mass is 10.0. The highest BCUT2D eigenvalue weighted by Crippen LogP contribution is 2.41. The van der Waals surface area contributed by atoms with Crippen molar-refractivity contribution in [2.24, 2.45) is 4.99 Å². The van der Waals surface area contributed by atoms with Gasteiger partial charge in [0.05, 0.1) is 39.9 Å². The summed E-state index contributed by atoms with van der Waals surface area (Å²) in [6.45, 7) is 1.88. The molecule has 1 amide bonds. The Morgan fingerprint density at radius 3 is 2.70 bits per heavy atom. The van der Waals surface area contributed by atoms with Gasteiger partial charge in [-0.05, 0) is 43.5 Å². The summed E-state index contributed by atoms with van der Waals surface area (Å²) in [5, 5.41) is 7.51. The summed E-state index contributed by atoms with van der Waals surface area (Å²) >= 11 is 6.52. The van der Waals surface area contributed by atoms with Crippen LogP contribution in [-0.2, 0) is 4.79 Å². The molecule has 1 N–H and O–H groups in total. The third-order valence-electron chi connectivity index (χ3n) is 5.51. The number of rotatable bonds is 4. The molecule has 30 heavy (non-hydrogen) atoms. The first-order valence-electron chi connectivity index (χ1n) is 9.96. The van der Waals surface area contributed by atoms with Crippen molar-refractivity contribution in [3.8, 4) is 11.3 Å². The van der Waals surface area contributed by atoms with Gasteiger partial charge in [0, 0.05) is 24.7 Å². The SMILES string of the molecule is Cc1cc(-c2cccc(C3=Nc4cc(N(C)C5CC5)c(Cl)cc4NC(=O)C3)c2)on1. The third kappa shape index (κ3) is 3.59. The molecular weight excluding hydrogens is 400 g/mol. The van der Waals surface area contributed by atoms with Gasteiger partial charge in [-0.3, -0.25) is 9.79 Å². The average molecular weight is 421 g/mol. The van der Waals surface area contributed by atoms with Crippen molar-refractivity contribution in [2.45, 2.75) is 32.2 Å². The van der Waals surface area contributed by atoms with Gasteiger partial charge in [0.15, 0.2) is 5.76 Å². The molecule has 0 atom stereocenters. The van der Waals surface area contributed by atoms with E-state index in [0.29, 0.717) is 33.9 Å². The van der Waals surface area contributed by atoms with Crippen LogP contribution in [0.15, 0.2) is 52.0 Å².